The normalized spacial score (nSPS) is 11.3. The molecule has 0 unspecified atom stereocenters. The highest BCUT2D eigenvalue weighted by Gasteiger charge is 2.15. The molecule has 0 aliphatic carbocycles. The topological polar surface area (TPSA) is 18.5 Å². The summed E-state index contributed by atoms with van der Waals surface area (Å²) in [5.74, 6) is 1.59. The van der Waals surface area contributed by atoms with E-state index in [-0.39, 0.29) is 0 Å². The number of allylic oxidation sites excluding steroid dienone is 2. The number of hydrogen-bond acceptors (Lipinski definition) is 2. The summed E-state index contributed by atoms with van der Waals surface area (Å²) in [5, 5.41) is 0. The fourth-order valence-corrected chi connectivity index (χ4v) is 3.51. The van der Waals surface area contributed by atoms with Gasteiger partial charge >= 0.3 is 0 Å². The molecule has 0 bridgehead atoms. The molecule has 0 spiro atoms. The third-order valence-corrected chi connectivity index (χ3v) is 5.01. The molecule has 2 heteroatoms. The van der Waals surface area contributed by atoms with Crippen molar-refractivity contribution in [3.63, 3.8) is 0 Å². The molecule has 0 radical (unpaired) electrons. The monoisotopic (exact) mass is 384 g/mol. The predicted octanol–water partition coefficient (Wildman–Crippen LogP) is 6.52. The lowest BCUT2D eigenvalue weighted by Gasteiger charge is -2.17. The molecule has 0 saturated carbocycles. The molecule has 0 atom stereocenters. The van der Waals surface area contributed by atoms with Gasteiger partial charge in [0, 0.05) is 0 Å². The summed E-state index contributed by atoms with van der Waals surface area (Å²) in [4.78, 5) is 0. The second-order valence-electron chi connectivity index (χ2n) is 6.91. The third kappa shape index (κ3) is 5.39. The van der Waals surface area contributed by atoms with Crippen LogP contribution in [-0.2, 0) is 12.8 Å². The average molecular weight is 385 g/mol. The van der Waals surface area contributed by atoms with Gasteiger partial charge in [0.25, 0.3) is 0 Å². The fourth-order valence-electron chi connectivity index (χ4n) is 3.51. The third-order valence-electron chi connectivity index (χ3n) is 5.01. The lowest BCUT2D eigenvalue weighted by molar-refractivity contribution is 0.352. The number of rotatable bonds is 8. The molecule has 2 nitrogen and oxygen atoms in total. The first-order valence-electron chi connectivity index (χ1n) is 9.89. The van der Waals surface area contributed by atoms with Crippen LogP contribution in [0.4, 0.5) is 0 Å². The minimum absolute atomic E-state index is 0.781. The van der Waals surface area contributed by atoms with Gasteiger partial charge in [-0.2, -0.15) is 0 Å². The average Bonchev–Trinajstić information content (AvgIpc) is 2.76. The second-order valence-corrected chi connectivity index (χ2v) is 6.91. The molecule has 3 aromatic rings. The molecule has 0 aromatic heterocycles. The van der Waals surface area contributed by atoms with Crippen molar-refractivity contribution < 1.29 is 9.47 Å². The van der Waals surface area contributed by atoms with E-state index < -0.39 is 0 Å². The zero-order valence-corrected chi connectivity index (χ0v) is 17.4. The van der Waals surface area contributed by atoms with Crippen molar-refractivity contribution in [1.82, 2.24) is 0 Å². The van der Waals surface area contributed by atoms with Gasteiger partial charge in [-0.3, -0.25) is 0 Å². The Hall–Kier alpha value is -3.26. The highest BCUT2D eigenvalue weighted by molar-refractivity contribution is 5.57. The molecule has 0 saturated heterocycles. The van der Waals surface area contributed by atoms with Gasteiger partial charge in [-0.1, -0.05) is 85.0 Å². The summed E-state index contributed by atoms with van der Waals surface area (Å²) in [6.45, 7) is 2.11. The van der Waals surface area contributed by atoms with E-state index in [1.807, 2.05) is 12.1 Å². The van der Waals surface area contributed by atoms with E-state index in [1.54, 1.807) is 14.2 Å². The molecule has 0 N–H and O–H groups in total. The molecule has 0 fully saturated rings. The molecule has 0 amide bonds. The maximum absolute atomic E-state index is 5.63. The Morgan fingerprint density at radius 2 is 1.28 bits per heavy atom. The van der Waals surface area contributed by atoms with E-state index in [0.717, 1.165) is 29.9 Å². The summed E-state index contributed by atoms with van der Waals surface area (Å²) < 4.78 is 11.2. The maximum atomic E-state index is 5.63. The smallest absolute Gasteiger partial charge is 0.163 e. The van der Waals surface area contributed by atoms with Gasteiger partial charge in [0.15, 0.2) is 11.5 Å². The predicted molar refractivity (Wildman–Crippen MR) is 123 cm³/mol. The van der Waals surface area contributed by atoms with Crippen LogP contribution in [0.25, 0.3) is 12.2 Å². The second kappa shape index (κ2) is 10.3. The van der Waals surface area contributed by atoms with Crippen molar-refractivity contribution in [2.24, 2.45) is 0 Å². The summed E-state index contributed by atoms with van der Waals surface area (Å²) in [7, 11) is 3.39. The Morgan fingerprint density at radius 1 is 0.724 bits per heavy atom. The molecular formula is C27H28O2. The number of benzene rings is 3. The molecule has 148 valence electrons. The lowest BCUT2D eigenvalue weighted by Crippen LogP contribution is -2.02. The molecular weight excluding hydrogens is 356 g/mol. The van der Waals surface area contributed by atoms with E-state index in [1.165, 1.54) is 22.3 Å². The first kappa shape index (κ1) is 20.5. The zero-order chi connectivity index (χ0) is 20.5. The van der Waals surface area contributed by atoms with Gasteiger partial charge in [0.2, 0.25) is 0 Å². The Bertz CT molecular complexity index is 970. The molecule has 0 aliphatic heterocycles. The van der Waals surface area contributed by atoms with Crippen molar-refractivity contribution in [2.75, 3.05) is 14.2 Å². The van der Waals surface area contributed by atoms with Crippen LogP contribution in [0.5, 0.6) is 11.5 Å². The van der Waals surface area contributed by atoms with Crippen LogP contribution < -0.4 is 9.47 Å². The zero-order valence-electron chi connectivity index (χ0n) is 17.4. The van der Waals surface area contributed by atoms with Crippen LogP contribution in [0.1, 0.15) is 27.8 Å². The van der Waals surface area contributed by atoms with Crippen LogP contribution in [0.15, 0.2) is 78.9 Å². The molecule has 29 heavy (non-hydrogen) atoms. The van der Waals surface area contributed by atoms with Crippen LogP contribution in [0, 0.1) is 6.92 Å². The van der Waals surface area contributed by atoms with E-state index >= 15 is 0 Å². The number of methoxy groups -OCH3 is 2. The van der Waals surface area contributed by atoms with Gasteiger partial charge in [-0.15, -0.1) is 0 Å². The maximum Gasteiger partial charge on any atom is 0.163 e. The lowest BCUT2D eigenvalue weighted by atomic mass is 9.94. The largest absolute Gasteiger partial charge is 0.493 e. The Morgan fingerprint density at radius 3 is 1.79 bits per heavy atom. The van der Waals surface area contributed by atoms with Gasteiger partial charge in [-0.25, -0.2) is 0 Å². The van der Waals surface area contributed by atoms with Crippen LogP contribution in [-0.4, -0.2) is 14.2 Å². The molecule has 3 aromatic carbocycles. The number of hydrogen-bond donors (Lipinski definition) is 0. The van der Waals surface area contributed by atoms with E-state index in [4.69, 9.17) is 9.47 Å². The van der Waals surface area contributed by atoms with Crippen LogP contribution in [0.2, 0.25) is 0 Å². The van der Waals surface area contributed by atoms with E-state index in [2.05, 4.69) is 85.8 Å². The van der Waals surface area contributed by atoms with Gasteiger partial charge in [0.05, 0.1) is 14.2 Å². The van der Waals surface area contributed by atoms with Gasteiger partial charge in [-0.05, 0) is 53.6 Å². The van der Waals surface area contributed by atoms with Crippen LogP contribution in [0.3, 0.4) is 0 Å². The highest BCUT2D eigenvalue weighted by Crippen LogP contribution is 2.36. The van der Waals surface area contributed by atoms with E-state index in [0.29, 0.717) is 0 Å². The van der Waals surface area contributed by atoms with E-state index in [9.17, 15) is 0 Å². The van der Waals surface area contributed by atoms with Crippen molar-refractivity contribution in [1.29, 1.82) is 0 Å². The van der Waals surface area contributed by atoms with Gasteiger partial charge < -0.3 is 9.47 Å². The van der Waals surface area contributed by atoms with Gasteiger partial charge in [0.1, 0.15) is 0 Å². The minimum Gasteiger partial charge on any atom is -0.493 e. The fraction of sp³-hybridized carbons (Fsp3) is 0.185. The van der Waals surface area contributed by atoms with Crippen molar-refractivity contribution in [3.05, 3.63) is 107 Å². The summed E-state index contributed by atoms with van der Waals surface area (Å²) >= 11 is 0. The first-order valence-corrected chi connectivity index (χ1v) is 9.89. The SMILES string of the molecule is COc1cc(C/C=C/c2ccccc2)c(C/C=C/c2ccccc2)c(C)c1OC. The van der Waals surface area contributed by atoms with Crippen LogP contribution >= 0.6 is 0 Å². The highest BCUT2D eigenvalue weighted by atomic mass is 16.5. The Balaban J connectivity index is 1.89. The summed E-state index contributed by atoms with van der Waals surface area (Å²) in [5.41, 5.74) is 6.08. The molecule has 0 aliphatic rings. The summed E-state index contributed by atoms with van der Waals surface area (Å²) in [6.07, 6.45) is 10.4. The van der Waals surface area contributed by atoms with Crippen molar-refractivity contribution in [2.45, 2.75) is 19.8 Å². The van der Waals surface area contributed by atoms with Crippen molar-refractivity contribution >= 4 is 12.2 Å². The van der Waals surface area contributed by atoms with Crippen molar-refractivity contribution in [3.8, 4) is 11.5 Å². The molecule has 0 heterocycles. The Labute approximate surface area is 174 Å². The molecule has 3 rings (SSSR count). The summed E-state index contributed by atoms with van der Waals surface area (Å²) in [6, 6.07) is 22.8. The number of ether oxygens (including phenoxy) is 2. The minimum atomic E-state index is 0.781. The quantitative estimate of drug-likeness (QED) is 0.440. The standard InChI is InChI=1S/C27H28O2/c1-21-25(19-11-17-23-14-8-5-9-15-23)24(20-26(28-2)27(21)29-3)18-10-16-22-12-6-4-7-13-22/h4-17,20H,18-19H2,1-3H3/b16-10+,17-11+. The first-order chi connectivity index (χ1) is 14.2. The Kier molecular flexibility index (Phi) is 7.29.